The summed E-state index contributed by atoms with van der Waals surface area (Å²) in [5, 5.41) is 8.16. The van der Waals surface area contributed by atoms with Gasteiger partial charge < -0.3 is 10.2 Å². The summed E-state index contributed by atoms with van der Waals surface area (Å²) < 4.78 is 2.19. The average molecular weight is 292 g/mol. The van der Waals surface area contributed by atoms with Crippen molar-refractivity contribution < 1.29 is 0 Å². The fourth-order valence-electron chi connectivity index (χ4n) is 4.01. The zero-order chi connectivity index (χ0) is 15.3. The molecule has 0 amide bonds. The van der Waals surface area contributed by atoms with Crippen LogP contribution in [0.2, 0.25) is 0 Å². The maximum absolute atomic E-state index is 4.54. The summed E-state index contributed by atoms with van der Waals surface area (Å²) in [4.78, 5) is 2.46. The van der Waals surface area contributed by atoms with E-state index < -0.39 is 0 Å². The molecule has 1 fully saturated rings. The molecule has 1 N–H and O–H groups in total. The molecule has 1 unspecified atom stereocenters. The van der Waals surface area contributed by atoms with Crippen molar-refractivity contribution in [3.05, 3.63) is 18.0 Å². The number of hydrogen-bond acceptors (Lipinski definition) is 3. The first-order valence-electron chi connectivity index (χ1n) is 8.52. The van der Waals surface area contributed by atoms with E-state index in [9.17, 15) is 0 Å². The first-order valence-corrected chi connectivity index (χ1v) is 8.52. The number of aryl methyl sites for hydroxylation is 1. The van der Waals surface area contributed by atoms with Crippen molar-refractivity contribution in [1.29, 1.82) is 0 Å². The second-order valence-corrected chi connectivity index (χ2v) is 6.61. The molecule has 0 spiro atoms. The third kappa shape index (κ3) is 3.32. The maximum atomic E-state index is 4.54. The zero-order valence-corrected chi connectivity index (χ0v) is 14.2. The van der Waals surface area contributed by atoms with Crippen molar-refractivity contribution in [2.24, 2.45) is 0 Å². The van der Waals surface area contributed by atoms with Crippen LogP contribution in [0.15, 0.2) is 12.3 Å². The number of likely N-dealkylation sites (N-methyl/N-ethyl adjacent to an activating group) is 2. The molecule has 4 nitrogen and oxygen atoms in total. The predicted octanol–water partition coefficient (Wildman–Crippen LogP) is 3.21. The lowest BCUT2D eigenvalue weighted by atomic mass is 9.79. The van der Waals surface area contributed by atoms with Crippen molar-refractivity contribution in [2.45, 2.75) is 70.0 Å². The standard InChI is InChI=1S/C17H32N4/c1-5-14-21-15(10-13-19-21)16(18-2)17(20(3)4)11-8-6-7-9-12-17/h10,13,16,18H,5-9,11-12,14H2,1-4H3. The Balaban J connectivity index is 2.37. The van der Waals surface area contributed by atoms with E-state index >= 15 is 0 Å². The van der Waals surface area contributed by atoms with Gasteiger partial charge in [0.1, 0.15) is 0 Å². The smallest absolute Gasteiger partial charge is 0.0676 e. The molecule has 0 radical (unpaired) electrons. The molecule has 0 aliphatic heterocycles. The van der Waals surface area contributed by atoms with E-state index in [0.29, 0.717) is 6.04 Å². The van der Waals surface area contributed by atoms with Gasteiger partial charge in [0.2, 0.25) is 0 Å². The first kappa shape index (κ1) is 16.5. The van der Waals surface area contributed by atoms with Crippen molar-refractivity contribution in [1.82, 2.24) is 20.0 Å². The third-order valence-electron chi connectivity index (χ3n) is 5.17. The summed E-state index contributed by atoms with van der Waals surface area (Å²) >= 11 is 0. The highest BCUT2D eigenvalue weighted by Gasteiger charge is 2.42. The Bertz CT molecular complexity index is 416. The van der Waals surface area contributed by atoms with Gasteiger partial charge >= 0.3 is 0 Å². The van der Waals surface area contributed by atoms with Gasteiger partial charge in [0.15, 0.2) is 0 Å². The topological polar surface area (TPSA) is 33.1 Å². The Morgan fingerprint density at radius 3 is 2.48 bits per heavy atom. The van der Waals surface area contributed by atoms with Crippen molar-refractivity contribution in [3.8, 4) is 0 Å². The van der Waals surface area contributed by atoms with E-state index in [0.717, 1.165) is 13.0 Å². The molecule has 1 aliphatic rings. The Morgan fingerprint density at radius 2 is 1.95 bits per heavy atom. The molecule has 4 heteroatoms. The zero-order valence-electron chi connectivity index (χ0n) is 14.2. The van der Waals surface area contributed by atoms with E-state index in [1.807, 2.05) is 6.20 Å². The van der Waals surface area contributed by atoms with Gasteiger partial charge in [-0.2, -0.15) is 5.10 Å². The minimum absolute atomic E-state index is 0.205. The largest absolute Gasteiger partial charge is 0.310 e. The Labute approximate surface area is 129 Å². The van der Waals surface area contributed by atoms with Crippen LogP contribution in [0.25, 0.3) is 0 Å². The van der Waals surface area contributed by atoms with E-state index in [1.165, 1.54) is 44.2 Å². The van der Waals surface area contributed by atoms with Crippen molar-refractivity contribution in [3.63, 3.8) is 0 Å². The van der Waals surface area contributed by atoms with Gasteiger partial charge in [0.05, 0.1) is 11.7 Å². The van der Waals surface area contributed by atoms with Crippen LogP contribution in [0, 0.1) is 0 Å². The van der Waals surface area contributed by atoms with E-state index in [-0.39, 0.29) is 5.54 Å². The SMILES string of the molecule is CCCn1nccc1C(NC)C1(N(C)C)CCCCCC1. The lowest BCUT2D eigenvalue weighted by Crippen LogP contribution is -2.53. The minimum atomic E-state index is 0.205. The molecular weight excluding hydrogens is 260 g/mol. The Morgan fingerprint density at radius 1 is 1.29 bits per heavy atom. The third-order valence-corrected chi connectivity index (χ3v) is 5.17. The van der Waals surface area contributed by atoms with Crippen LogP contribution in [0.3, 0.4) is 0 Å². The molecule has 1 aliphatic carbocycles. The van der Waals surface area contributed by atoms with Gasteiger partial charge in [-0.15, -0.1) is 0 Å². The van der Waals surface area contributed by atoms with Gasteiger partial charge in [-0.05, 0) is 46.5 Å². The quantitative estimate of drug-likeness (QED) is 0.817. The number of aromatic nitrogens is 2. The fraction of sp³-hybridized carbons (Fsp3) is 0.824. The summed E-state index contributed by atoms with van der Waals surface area (Å²) in [5.74, 6) is 0. The van der Waals surface area contributed by atoms with Crippen LogP contribution in [-0.2, 0) is 6.54 Å². The van der Waals surface area contributed by atoms with E-state index in [2.05, 4.69) is 54.1 Å². The van der Waals surface area contributed by atoms with Crippen LogP contribution >= 0.6 is 0 Å². The molecule has 1 aromatic rings. The summed E-state index contributed by atoms with van der Waals surface area (Å²) in [6, 6.07) is 2.55. The molecule has 1 heterocycles. The van der Waals surface area contributed by atoms with Crippen LogP contribution < -0.4 is 5.32 Å². The number of rotatable bonds is 6. The molecule has 1 atom stereocenters. The number of nitrogens with zero attached hydrogens (tertiary/aromatic N) is 3. The maximum Gasteiger partial charge on any atom is 0.0676 e. The summed E-state index contributed by atoms with van der Waals surface area (Å²) in [7, 11) is 6.59. The molecule has 2 rings (SSSR count). The molecule has 1 aromatic heterocycles. The second kappa shape index (κ2) is 7.41. The highest BCUT2D eigenvalue weighted by molar-refractivity contribution is 5.16. The highest BCUT2D eigenvalue weighted by atomic mass is 15.3. The molecule has 0 bridgehead atoms. The lowest BCUT2D eigenvalue weighted by Gasteiger charge is -2.46. The normalized spacial score (nSPS) is 20.4. The molecule has 1 saturated carbocycles. The Kier molecular flexibility index (Phi) is 5.82. The second-order valence-electron chi connectivity index (χ2n) is 6.61. The van der Waals surface area contributed by atoms with Gasteiger partial charge in [-0.25, -0.2) is 0 Å². The summed E-state index contributed by atoms with van der Waals surface area (Å²) in [6.45, 7) is 3.22. The summed E-state index contributed by atoms with van der Waals surface area (Å²) in [5.41, 5.74) is 1.55. The minimum Gasteiger partial charge on any atom is -0.310 e. The van der Waals surface area contributed by atoms with Crippen LogP contribution in [0.1, 0.15) is 63.6 Å². The average Bonchev–Trinajstić information content (AvgIpc) is 2.76. The molecular formula is C17H32N4. The van der Waals surface area contributed by atoms with E-state index in [4.69, 9.17) is 0 Å². The van der Waals surface area contributed by atoms with Gasteiger partial charge in [0, 0.05) is 18.3 Å². The van der Waals surface area contributed by atoms with Crippen LogP contribution in [0.4, 0.5) is 0 Å². The van der Waals surface area contributed by atoms with Crippen LogP contribution in [-0.4, -0.2) is 41.4 Å². The molecule has 0 saturated heterocycles. The van der Waals surface area contributed by atoms with Gasteiger partial charge in [-0.1, -0.05) is 32.6 Å². The van der Waals surface area contributed by atoms with Crippen molar-refractivity contribution >= 4 is 0 Å². The highest BCUT2D eigenvalue weighted by Crippen LogP contribution is 2.40. The molecule has 0 aromatic carbocycles. The van der Waals surface area contributed by atoms with Crippen molar-refractivity contribution in [2.75, 3.05) is 21.1 Å². The molecule has 120 valence electrons. The summed E-state index contributed by atoms with van der Waals surface area (Å²) in [6.07, 6.45) is 11.0. The Hall–Kier alpha value is -0.870. The predicted molar refractivity (Wildman–Crippen MR) is 88.4 cm³/mol. The fourth-order valence-corrected chi connectivity index (χ4v) is 4.01. The van der Waals surface area contributed by atoms with Crippen LogP contribution in [0.5, 0.6) is 0 Å². The van der Waals surface area contributed by atoms with Gasteiger partial charge in [0.25, 0.3) is 0 Å². The monoisotopic (exact) mass is 292 g/mol. The van der Waals surface area contributed by atoms with E-state index in [1.54, 1.807) is 0 Å². The first-order chi connectivity index (χ1) is 10.2. The molecule has 21 heavy (non-hydrogen) atoms. The lowest BCUT2D eigenvalue weighted by molar-refractivity contribution is 0.0794. The van der Waals surface area contributed by atoms with Gasteiger partial charge in [-0.3, -0.25) is 4.68 Å². The number of hydrogen-bond donors (Lipinski definition) is 1. The number of nitrogens with one attached hydrogen (secondary N) is 1.